The van der Waals surface area contributed by atoms with Crippen LogP contribution < -0.4 is 11.3 Å². The maximum atomic E-state index is 11.1. The normalized spacial score (nSPS) is 20.3. The third kappa shape index (κ3) is 5.13. The Morgan fingerprint density at radius 3 is 2.47 bits per heavy atom. The molecule has 0 atom stereocenters. The van der Waals surface area contributed by atoms with Crippen molar-refractivity contribution in [2.45, 2.75) is 38.1 Å². The van der Waals surface area contributed by atoms with Gasteiger partial charge in [0.1, 0.15) is 11.6 Å². The summed E-state index contributed by atoms with van der Waals surface area (Å²) in [5, 5.41) is 0. The smallest absolute Gasteiger partial charge is 0.154 e. The van der Waals surface area contributed by atoms with Gasteiger partial charge in [-0.05, 0) is 12.8 Å². The Morgan fingerprint density at radius 1 is 1.40 bits per heavy atom. The molecule has 5 nitrogen and oxygen atoms in total. The van der Waals surface area contributed by atoms with Crippen LogP contribution in [0.15, 0.2) is 4.99 Å². The third-order valence-corrected chi connectivity index (χ3v) is 3.28. The zero-order valence-corrected chi connectivity index (χ0v) is 9.89. The molecule has 1 fully saturated rings. The number of hydrogen-bond acceptors (Lipinski definition) is 4. The minimum atomic E-state index is -3.06. The lowest BCUT2D eigenvalue weighted by molar-refractivity contribution is 0.442. The molecule has 0 aromatic carbocycles. The van der Waals surface area contributed by atoms with E-state index in [2.05, 4.69) is 10.4 Å². The van der Waals surface area contributed by atoms with Gasteiger partial charge in [-0.1, -0.05) is 19.3 Å². The summed E-state index contributed by atoms with van der Waals surface area (Å²) in [6.45, 7) is 0. The van der Waals surface area contributed by atoms with Gasteiger partial charge >= 0.3 is 0 Å². The van der Waals surface area contributed by atoms with Crippen LogP contribution in [0.1, 0.15) is 32.1 Å². The molecule has 1 aliphatic rings. The van der Waals surface area contributed by atoms with E-state index in [0.29, 0.717) is 5.84 Å². The molecule has 0 radical (unpaired) electrons. The minimum Gasteiger partial charge on any atom is -0.311 e. The number of nitrogens with one attached hydrogen (secondary N) is 1. The van der Waals surface area contributed by atoms with Crippen LogP contribution in [0.5, 0.6) is 0 Å². The Labute approximate surface area is 91.0 Å². The highest BCUT2D eigenvalue weighted by atomic mass is 32.2. The van der Waals surface area contributed by atoms with Gasteiger partial charge in [-0.2, -0.15) is 0 Å². The van der Waals surface area contributed by atoms with Crippen molar-refractivity contribution < 1.29 is 8.42 Å². The van der Waals surface area contributed by atoms with Crippen molar-refractivity contribution >= 4 is 15.7 Å². The number of hydrogen-bond donors (Lipinski definition) is 2. The second-order valence-corrected chi connectivity index (χ2v) is 6.22. The van der Waals surface area contributed by atoms with Gasteiger partial charge < -0.3 is 5.43 Å². The molecule has 88 valence electrons. The summed E-state index contributed by atoms with van der Waals surface area (Å²) >= 11 is 0. The van der Waals surface area contributed by atoms with Crippen molar-refractivity contribution in [3.8, 4) is 0 Å². The average Bonchev–Trinajstić information content (AvgIpc) is 2.16. The zero-order valence-electron chi connectivity index (χ0n) is 9.07. The number of aliphatic imine (C=N–C) groups is 1. The fourth-order valence-corrected chi connectivity index (χ4v) is 2.45. The van der Waals surface area contributed by atoms with Crippen molar-refractivity contribution in [3.63, 3.8) is 0 Å². The molecule has 0 aromatic heterocycles. The molecule has 0 saturated heterocycles. The predicted molar refractivity (Wildman–Crippen MR) is 61.3 cm³/mol. The van der Waals surface area contributed by atoms with Gasteiger partial charge in [-0.3, -0.25) is 4.99 Å². The van der Waals surface area contributed by atoms with Crippen molar-refractivity contribution in [1.29, 1.82) is 0 Å². The molecule has 15 heavy (non-hydrogen) atoms. The molecule has 1 saturated carbocycles. The molecule has 1 rings (SSSR count). The van der Waals surface area contributed by atoms with E-state index in [9.17, 15) is 8.42 Å². The summed E-state index contributed by atoms with van der Waals surface area (Å²) in [5.41, 5.74) is 2.38. The van der Waals surface area contributed by atoms with E-state index >= 15 is 0 Å². The first-order valence-corrected chi connectivity index (χ1v) is 7.28. The van der Waals surface area contributed by atoms with Crippen LogP contribution in [0.2, 0.25) is 0 Å². The van der Waals surface area contributed by atoms with Gasteiger partial charge in [0.05, 0.1) is 6.04 Å². The van der Waals surface area contributed by atoms with Gasteiger partial charge in [-0.15, -0.1) is 0 Å². The van der Waals surface area contributed by atoms with Gasteiger partial charge in [0.25, 0.3) is 0 Å². The van der Waals surface area contributed by atoms with Crippen LogP contribution in [0, 0.1) is 0 Å². The maximum absolute atomic E-state index is 11.1. The monoisotopic (exact) mass is 233 g/mol. The number of sulfone groups is 1. The molecule has 0 heterocycles. The highest BCUT2D eigenvalue weighted by Gasteiger charge is 2.14. The highest BCUT2D eigenvalue weighted by molar-refractivity contribution is 7.91. The lowest BCUT2D eigenvalue weighted by Gasteiger charge is -2.18. The van der Waals surface area contributed by atoms with E-state index in [1.54, 1.807) is 0 Å². The Hall–Kier alpha value is -0.620. The van der Waals surface area contributed by atoms with Crippen molar-refractivity contribution in [2.75, 3.05) is 12.0 Å². The molecule has 0 amide bonds. The summed E-state index contributed by atoms with van der Waals surface area (Å²) in [5.74, 6) is 5.53. The third-order valence-electron chi connectivity index (χ3n) is 2.48. The lowest BCUT2D eigenvalue weighted by Crippen LogP contribution is -2.36. The van der Waals surface area contributed by atoms with Crippen LogP contribution in [-0.2, 0) is 9.84 Å². The molecule has 0 bridgehead atoms. The van der Waals surface area contributed by atoms with Gasteiger partial charge in [0.2, 0.25) is 0 Å². The molecule has 1 aliphatic carbocycles. The van der Waals surface area contributed by atoms with E-state index < -0.39 is 9.84 Å². The van der Waals surface area contributed by atoms with Gasteiger partial charge in [0.15, 0.2) is 9.84 Å². The largest absolute Gasteiger partial charge is 0.311 e. The number of amidine groups is 1. The summed E-state index contributed by atoms with van der Waals surface area (Å²) in [6, 6.07) is 0.242. The Morgan fingerprint density at radius 2 is 2.00 bits per heavy atom. The summed E-state index contributed by atoms with van der Waals surface area (Å²) in [7, 11) is -3.06. The quantitative estimate of drug-likeness (QED) is 0.316. The predicted octanol–water partition coefficient (Wildman–Crippen LogP) is 0.226. The topological polar surface area (TPSA) is 84.5 Å². The van der Waals surface area contributed by atoms with Crippen molar-refractivity contribution in [2.24, 2.45) is 10.8 Å². The van der Waals surface area contributed by atoms with E-state index in [1.807, 2.05) is 0 Å². The molecule has 3 N–H and O–H groups in total. The Balaban J connectivity index is 2.59. The zero-order chi connectivity index (χ0) is 11.3. The fourth-order valence-electron chi connectivity index (χ4n) is 1.80. The first-order valence-electron chi connectivity index (χ1n) is 5.22. The second kappa shape index (κ2) is 5.46. The SMILES string of the molecule is CS(=O)(=O)CC(=NC1CCCCC1)NN. The van der Waals surface area contributed by atoms with Gasteiger partial charge in [-0.25, -0.2) is 14.3 Å². The molecule has 0 aromatic rings. The number of nitrogens with zero attached hydrogens (tertiary/aromatic N) is 1. The van der Waals surface area contributed by atoms with Crippen LogP contribution >= 0.6 is 0 Å². The standard InChI is InChI=1S/C9H19N3O2S/c1-15(13,14)7-9(12-10)11-8-5-3-2-4-6-8/h8H,2-7,10H2,1H3,(H,11,12). The highest BCUT2D eigenvalue weighted by Crippen LogP contribution is 2.20. The molecule has 0 aliphatic heterocycles. The second-order valence-electron chi connectivity index (χ2n) is 4.08. The van der Waals surface area contributed by atoms with Gasteiger partial charge in [0, 0.05) is 6.26 Å². The average molecular weight is 233 g/mol. The summed E-state index contributed by atoms with van der Waals surface area (Å²) < 4.78 is 22.1. The fraction of sp³-hybridized carbons (Fsp3) is 0.889. The van der Waals surface area contributed by atoms with E-state index in [-0.39, 0.29) is 11.8 Å². The summed E-state index contributed by atoms with van der Waals surface area (Å²) in [6.07, 6.45) is 6.85. The number of rotatable bonds is 3. The van der Waals surface area contributed by atoms with E-state index in [1.165, 1.54) is 25.5 Å². The van der Waals surface area contributed by atoms with Crippen molar-refractivity contribution in [1.82, 2.24) is 5.43 Å². The lowest BCUT2D eigenvalue weighted by atomic mass is 9.96. The first kappa shape index (κ1) is 12.4. The minimum absolute atomic E-state index is 0.0972. The molecule has 0 spiro atoms. The Kier molecular flexibility index (Phi) is 4.53. The van der Waals surface area contributed by atoms with E-state index in [4.69, 9.17) is 5.84 Å². The molecular weight excluding hydrogens is 214 g/mol. The van der Waals surface area contributed by atoms with Crippen LogP contribution in [0.4, 0.5) is 0 Å². The number of nitrogens with two attached hydrogens (primary N) is 1. The van der Waals surface area contributed by atoms with Crippen LogP contribution in [0.3, 0.4) is 0 Å². The maximum Gasteiger partial charge on any atom is 0.154 e. The molecule has 0 unspecified atom stereocenters. The Bertz CT molecular complexity index is 318. The van der Waals surface area contributed by atoms with Crippen molar-refractivity contribution in [3.05, 3.63) is 0 Å². The molecular formula is C9H19N3O2S. The summed E-state index contributed by atoms with van der Waals surface area (Å²) in [4.78, 5) is 4.34. The first-order chi connectivity index (χ1) is 7.01. The van der Waals surface area contributed by atoms with Crippen LogP contribution in [-0.4, -0.2) is 32.3 Å². The molecule has 6 heteroatoms. The van der Waals surface area contributed by atoms with Crippen LogP contribution in [0.25, 0.3) is 0 Å². The van der Waals surface area contributed by atoms with E-state index in [0.717, 1.165) is 12.8 Å². The number of hydrazine groups is 1.